The molecule has 0 fully saturated rings. The summed E-state index contributed by atoms with van der Waals surface area (Å²) in [5.41, 5.74) is 7.04. The predicted molar refractivity (Wildman–Crippen MR) is 60.3 cm³/mol. The van der Waals surface area contributed by atoms with Crippen LogP contribution < -0.4 is 5.73 Å². The van der Waals surface area contributed by atoms with Crippen LogP contribution in [0.4, 0.5) is 0 Å². The average Bonchev–Trinajstić information content (AvgIpc) is 2.85. The van der Waals surface area contributed by atoms with Crippen LogP contribution in [0, 0.1) is 0 Å². The largest absolute Gasteiger partial charge is 0.467 e. The summed E-state index contributed by atoms with van der Waals surface area (Å²) in [6, 6.07) is 3.41. The molecule has 0 radical (unpaired) electrons. The minimum Gasteiger partial charge on any atom is -0.467 e. The maximum absolute atomic E-state index is 6.10. The molecule has 0 spiro atoms. The van der Waals surface area contributed by atoms with E-state index in [1.807, 2.05) is 23.7 Å². The van der Waals surface area contributed by atoms with Gasteiger partial charge in [0.2, 0.25) is 0 Å². The summed E-state index contributed by atoms with van der Waals surface area (Å²) in [6.07, 6.45) is 3.37. The predicted octanol–water partition coefficient (Wildman–Crippen LogP) is 2.31. The lowest BCUT2D eigenvalue weighted by molar-refractivity contribution is 0.472. The van der Waals surface area contributed by atoms with Crippen LogP contribution in [0.2, 0.25) is 0 Å². The van der Waals surface area contributed by atoms with Crippen LogP contribution in [-0.2, 0) is 6.54 Å². The smallest absolute Gasteiger partial charge is 0.126 e. The molecule has 1 unspecified atom stereocenters. The molecule has 80 valence electrons. The van der Waals surface area contributed by atoms with Crippen molar-refractivity contribution in [3.63, 3.8) is 0 Å². The van der Waals surface area contributed by atoms with E-state index in [0.717, 1.165) is 22.5 Å². The van der Waals surface area contributed by atoms with Gasteiger partial charge in [-0.3, -0.25) is 4.68 Å². The SMILES string of the molecule is CCn1ncc(Br)c1C(N)c1ccco1. The molecular weight excluding hydrogens is 258 g/mol. The molecule has 0 aliphatic carbocycles. The molecule has 15 heavy (non-hydrogen) atoms. The van der Waals surface area contributed by atoms with Gasteiger partial charge >= 0.3 is 0 Å². The normalized spacial score (nSPS) is 13.0. The third-order valence-electron chi connectivity index (χ3n) is 2.28. The summed E-state index contributed by atoms with van der Waals surface area (Å²) in [5, 5.41) is 4.21. The number of furan rings is 1. The van der Waals surface area contributed by atoms with Crippen molar-refractivity contribution in [2.75, 3.05) is 0 Å². The quantitative estimate of drug-likeness (QED) is 0.931. The van der Waals surface area contributed by atoms with Gasteiger partial charge in [0, 0.05) is 6.54 Å². The minimum atomic E-state index is -0.281. The second-order valence-electron chi connectivity index (χ2n) is 3.19. The third kappa shape index (κ3) is 1.85. The highest BCUT2D eigenvalue weighted by molar-refractivity contribution is 9.10. The first-order valence-corrected chi connectivity index (χ1v) is 5.53. The highest BCUT2D eigenvalue weighted by atomic mass is 79.9. The van der Waals surface area contributed by atoms with Crippen molar-refractivity contribution >= 4 is 15.9 Å². The Hall–Kier alpha value is -1.07. The molecular formula is C10H12BrN3O. The Morgan fingerprint density at radius 1 is 1.67 bits per heavy atom. The minimum absolute atomic E-state index is 0.281. The lowest BCUT2D eigenvalue weighted by atomic mass is 10.2. The molecule has 2 heterocycles. The zero-order valence-corrected chi connectivity index (χ0v) is 9.94. The molecule has 0 saturated carbocycles. The molecule has 0 bridgehead atoms. The van der Waals surface area contributed by atoms with E-state index in [-0.39, 0.29) is 6.04 Å². The van der Waals surface area contributed by atoms with Crippen molar-refractivity contribution in [1.82, 2.24) is 9.78 Å². The summed E-state index contributed by atoms with van der Waals surface area (Å²) < 4.78 is 8.06. The molecule has 5 heteroatoms. The summed E-state index contributed by atoms with van der Waals surface area (Å²) in [4.78, 5) is 0. The van der Waals surface area contributed by atoms with Crippen LogP contribution in [-0.4, -0.2) is 9.78 Å². The molecule has 1 atom stereocenters. The van der Waals surface area contributed by atoms with E-state index in [0.29, 0.717) is 0 Å². The Morgan fingerprint density at radius 2 is 2.47 bits per heavy atom. The highest BCUT2D eigenvalue weighted by Crippen LogP contribution is 2.26. The molecule has 0 aromatic carbocycles. The van der Waals surface area contributed by atoms with Crippen molar-refractivity contribution in [3.8, 4) is 0 Å². The zero-order valence-electron chi connectivity index (χ0n) is 8.35. The van der Waals surface area contributed by atoms with E-state index in [4.69, 9.17) is 10.2 Å². The highest BCUT2D eigenvalue weighted by Gasteiger charge is 2.19. The van der Waals surface area contributed by atoms with Gasteiger partial charge in [-0.15, -0.1) is 0 Å². The van der Waals surface area contributed by atoms with Gasteiger partial charge in [0.05, 0.1) is 22.6 Å². The number of rotatable bonds is 3. The molecule has 0 saturated heterocycles. The molecule has 0 aliphatic heterocycles. The van der Waals surface area contributed by atoms with Crippen molar-refractivity contribution in [2.24, 2.45) is 5.73 Å². The Morgan fingerprint density at radius 3 is 3.07 bits per heavy atom. The average molecular weight is 270 g/mol. The van der Waals surface area contributed by atoms with Crippen LogP contribution in [0.5, 0.6) is 0 Å². The number of aryl methyl sites for hydroxylation is 1. The van der Waals surface area contributed by atoms with Crippen LogP contribution >= 0.6 is 15.9 Å². The monoisotopic (exact) mass is 269 g/mol. The molecule has 4 nitrogen and oxygen atoms in total. The standard InChI is InChI=1S/C10H12BrN3O/c1-2-14-10(7(11)6-13-14)9(12)8-4-3-5-15-8/h3-6,9H,2,12H2,1H3. The van der Waals surface area contributed by atoms with Crippen LogP contribution in [0.3, 0.4) is 0 Å². The lowest BCUT2D eigenvalue weighted by Crippen LogP contribution is -2.17. The van der Waals surface area contributed by atoms with E-state index < -0.39 is 0 Å². The van der Waals surface area contributed by atoms with Crippen molar-refractivity contribution in [3.05, 3.63) is 40.5 Å². The van der Waals surface area contributed by atoms with Gasteiger partial charge in [0.25, 0.3) is 0 Å². The molecule has 2 aromatic heterocycles. The summed E-state index contributed by atoms with van der Waals surface area (Å²) in [5.74, 6) is 0.742. The fourth-order valence-corrected chi connectivity index (χ4v) is 2.08. The maximum atomic E-state index is 6.10. The number of hydrogen-bond donors (Lipinski definition) is 1. The van der Waals surface area contributed by atoms with Crippen LogP contribution in [0.25, 0.3) is 0 Å². The van der Waals surface area contributed by atoms with Gasteiger partial charge in [-0.25, -0.2) is 0 Å². The second-order valence-corrected chi connectivity index (χ2v) is 4.04. The first-order valence-electron chi connectivity index (χ1n) is 4.74. The van der Waals surface area contributed by atoms with Gasteiger partial charge in [-0.1, -0.05) is 0 Å². The van der Waals surface area contributed by atoms with E-state index in [1.54, 1.807) is 12.5 Å². The fourth-order valence-electron chi connectivity index (χ4n) is 1.54. The van der Waals surface area contributed by atoms with Crippen LogP contribution in [0.1, 0.15) is 24.4 Å². The van der Waals surface area contributed by atoms with Gasteiger partial charge in [-0.05, 0) is 35.0 Å². The molecule has 0 aliphatic rings. The molecule has 0 amide bonds. The molecule has 2 rings (SSSR count). The topological polar surface area (TPSA) is 57.0 Å². The second kappa shape index (κ2) is 4.20. The zero-order chi connectivity index (χ0) is 10.8. The number of nitrogens with two attached hydrogens (primary N) is 1. The van der Waals surface area contributed by atoms with E-state index >= 15 is 0 Å². The van der Waals surface area contributed by atoms with E-state index in [1.165, 1.54) is 0 Å². The van der Waals surface area contributed by atoms with E-state index in [9.17, 15) is 0 Å². The van der Waals surface area contributed by atoms with Gasteiger partial charge < -0.3 is 10.2 Å². The Labute approximate surface area is 96.2 Å². The van der Waals surface area contributed by atoms with Crippen molar-refractivity contribution in [1.29, 1.82) is 0 Å². The number of aromatic nitrogens is 2. The van der Waals surface area contributed by atoms with Gasteiger partial charge in [0.1, 0.15) is 11.8 Å². The Balaban J connectivity index is 2.40. The lowest BCUT2D eigenvalue weighted by Gasteiger charge is -2.11. The first-order chi connectivity index (χ1) is 7.24. The maximum Gasteiger partial charge on any atom is 0.126 e. The number of halogens is 1. The summed E-state index contributed by atoms with van der Waals surface area (Å²) >= 11 is 3.44. The van der Waals surface area contributed by atoms with Gasteiger partial charge in [0.15, 0.2) is 0 Å². The number of hydrogen-bond acceptors (Lipinski definition) is 3. The van der Waals surface area contributed by atoms with Crippen LogP contribution in [0.15, 0.2) is 33.5 Å². The van der Waals surface area contributed by atoms with Crippen molar-refractivity contribution < 1.29 is 4.42 Å². The third-order valence-corrected chi connectivity index (χ3v) is 2.89. The first kappa shape index (κ1) is 10.4. The summed E-state index contributed by atoms with van der Waals surface area (Å²) in [6.45, 7) is 2.81. The summed E-state index contributed by atoms with van der Waals surface area (Å²) in [7, 11) is 0. The van der Waals surface area contributed by atoms with Gasteiger partial charge in [-0.2, -0.15) is 5.10 Å². The fraction of sp³-hybridized carbons (Fsp3) is 0.300. The van der Waals surface area contributed by atoms with Crippen molar-refractivity contribution in [2.45, 2.75) is 19.5 Å². The Kier molecular flexibility index (Phi) is 2.93. The molecule has 2 aromatic rings. The Bertz CT molecular complexity index is 435. The van der Waals surface area contributed by atoms with E-state index in [2.05, 4.69) is 21.0 Å². The number of nitrogens with zero attached hydrogens (tertiary/aromatic N) is 2. The molecule has 2 N–H and O–H groups in total.